The lowest BCUT2D eigenvalue weighted by molar-refractivity contribution is -0.137. The molecule has 0 aliphatic rings. The molecule has 2 rings (SSSR count). The summed E-state index contributed by atoms with van der Waals surface area (Å²) in [6.45, 7) is -0.431. The molecule has 28 heavy (non-hydrogen) atoms. The van der Waals surface area contributed by atoms with Crippen molar-refractivity contribution in [2.24, 2.45) is 0 Å². The summed E-state index contributed by atoms with van der Waals surface area (Å²) in [5.74, 6) is -0.484. The fraction of sp³-hybridized carbons (Fsp3) is 0.263. The zero-order chi connectivity index (χ0) is 20.9. The summed E-state index contributed by atoms with van der Waals surface area (Å²) in [6, 6.07) is 9.12. The van der Waals surface area contributed by atoms with Crippen LogP contribution in [-0.2, 0) is 11.0 Å². The van der Waals surface area contributed by atoms with Crippen molar-refractivity contribution in [3.8, 4) is 11.5 Å². The van der Waals surface area contributed by atoms with Crippen LogP contribution < -0.4 is 14.8 Å². The quantitative estimate of drug-likeness (QED) is 0.812. The number of nitrogens with one attached hydrogen (secondary N) is 1. The fourth-order valence-corrected chi connectivity index (χ4v) is 2.51. The third-order valence-electron chi connectivity index (χ3n) is 3.86. The van der Waals surface area contributed by atoms with Crippen LogP contribution in [0.25, 0.3) is 0 Å². The predicted molar refractivity (Wildman–Crippen MR) is 96.6 cm³/mol. The minimum absolute atomic E-state index is 0.239. The minimum Gasteiger partial charge on any atom is -0.493 e. The average molecular weight is 396 g/mol. The molecule has 2 aromatic carbocycles. The van der Waals surface area contributed by atoms with Crippen LogP contribution in [0.4, 0.5) is 18.9 Å². The number of hydrogen-bond acceptors (Lipinski definition) is 4. The van der Waals surface area contributed by atoms with Gasteiger partial charge in [0.15, 0.2) is 11.5 Å². The summed E-state index contributed by atoms with van der Waals surface area (Å²) in [5.41, 5.74) is -1.09. The number of hydrogen-bond donors (Lipinski definition) is 1. The molecule has 0 atom stereocenters. The molecule has 0 heterocycles. The Kier molecular flexibility index (Phi) is 6.50. The SMILES string of the molecule is COc1ccc(C(=O)N(C)CC(=O)Nc2ccccc2C(F)(F)F)cc1OC. The first-order valence-corrected chi connectivity index (χ1v) is 8.11. The number of likely N-dealkylation sites (N-methyl/N-ethyl adjacent to an activating group) is 1. The molecule has 0 saturated carbocycles. The van der Waals surface area contributed by atoms with Crippen LogP contribution in [0.1, 0.15) is 15.9 Å². The van der Waals surface area contributed by atoms with Crippen molar-refractivity contribution in [3.05, 3.63) is 53.6 Å². The molecule has 0 saturated heterocycles. The smallest absolute Gasteiger partial charge is 0.418 e. The molecule has 0 aliphatic heterocycles. The Morgan fingerprint density at radius 2 is 1.68 bits per heavy atom. The molecule has 9 heteroatoms. The Balaban J connectivity index is 2.10. The first-order valence-electron chi connectivity index (χ1n) is 8.11. The summed E-state index contributed by atoms with van der Waals surface area (Å²) in [7, 11) is 4.24. The maximum absolute atomic E-state index is 13.0. The number of halogens is 3. The highest BCUT2D eigenvalue weighted by molar-refractivity contribution is 5.99. The van der Waals surface area contributed by atoms with Crippen molar-refractivity contribution in [2.45, 2.75) is 6.18 Å². The highest BCUT2D eigenvalue weighted by Crippen LogP contribution is 2.34. The summed E-state index contributed by atoms with van der Waals surface area (Å²) < 4.78 is 49.2. The van der Waals surface area contributed by atoms with Crippen LogP contribution in [0.5, 0.6) is 11.5 Å². The van der Waals surface area contributed by atoms with Gasteiger partial charge < -0.3 is 19.7 Å². The van der Waals surface area contributed by atoms with Gasteiger partial charge >= 0.3 is 6.18 Å². The van der Waals surface area contributed by atoms with Gasteiger partial charge in [0.25, 0.3) is 5.91 Å². The van der Waals surface area contributed by atoms with Crippen molar-refractivity contribution >= 4 is 17.5 Å². The second-order valence-electron chi connectivity index (χ2n) is 5.82. The molecule has 0 fully saturated rings. The molecule has 150 valence electrons. The van der Waals surface area contributed by atoms with Gasteiger partial charge in [-0.25, -0.2) is 0 Å². The van der Waals surface area contributed by atoms with Crippen LogP contribution >= 0.6 is 0 Å². The van der Waals surface area contributed by atoms with E-state index in [9.17, 15) is 22.8 Å². The predicted octanol–water partition coefficient (Wildman–Crippen LogP) is 3.43. The van der Waals surface area contributed by atoms with Crippen LogP contribution in [0.3, 0.4) is 0 Å². The lowest BCUT2D eigenvalue weighted by Gasteiger charge is -2.19. The van der Waals surface area contributed by atoms with E-state index in [-0.39, 0.29) is 11.3 Å². The Labute approximate surface area is 159 Å². The molecule has 0 unspecified atom stereocenters. The second-order valence-corrected chi connectivity index (χ2v) is 5.82. The number of carbonyl (C=O) groups excluding carboxylic acids is 2. The van der Waals surface area contributed by atoms with E-state index in [0.29, 0.717) is 11.5 Å². The van der Waals surface area contributed by atoms with Crippen LogP contribution in [0.2, 0.25) is 0 Å². The topological polar surface area (TPSA) is 67.9 Å². The number of para-hydroxylation sites is 1. The Bertz CT molecular complexity index is 868. The van der Waals surface area contributed by atoms with Gasteiger partial charge in [-0.1, -0.05) is 12.1 Å². The van der Waals surface area contributed by atoms with Crippen LogP contribution in [0, 0.1) is 0 Å². The van der Waals surface area contributed by atoms with Gasteiger partial charge in [-0.05, 0) is 30.3 Å². The van der Waals surface area contributed by atoms with E-state index in [2.05, 4.69) is 5.32 Å². The second kappa shape index (κ2) is 8.64. The van der Waals surface area contributed by atoms with Gasteiger partial charge in [-0.2, -0.15) is 13.2 Å². The van der Waals surface area contributed by atoms with Crippen molar-refractivity contribution in [3.63, 3.8) is 0 Å². The number of anilines is 1. The lowest BCUT2D eigenvalue weighted by atomic mass is 10.1. The Hall–Kier alpha value is -3.23. The zero-order valence-electron chi connectivity index (χ0n) is 15.5. The molecule has 2 amide bonds. The average Bonchev–Trinajstić information content (AvgIpc) is 2.66. The number of benzene rings is 2. The summed E-state index contributed by atoms with van der Waals surface area (Å²) in [4.78, 5) is 25.7. The molecule has 0 bridgehead atoms. The van der Waals surface area contributed by atoms with Crippen molar-refractivity contribution < 1.29 is 32.2 Å². The van der Waals surface area contributed by atoms with Crippen molar-refractivity contribution in [1.29, 1.82) is 0 Å². The zero-order valence-corrected chi connectivity index (χ0v) is 15.5. The molecule has 1 N–H and O–H groups in total. The number of nitrogens with zero attached hydrogens (tertiary/aromatic N) is 1. The number of carbonyl (C=O) groups is 2. The molecule has 0 aromatic heterocycles. The van der Waals surface area contributed by atoms with Gasteiger partial charge in [0.2, 0.25) is 5.91 Å². The lowest BCUT2D eigenvalue weighted by Crippen LogP contribution is -2.35. The van der Waals surface area contributed by atoms with Crippen molar-refractivity contribution in [2.75, 3.05) is 33.1 Å². The molecule has 0 radical (unpaired) electrons. The third kappa shape index (κ3) is 4.93. The number of rotatable bonds is 6. The summed E-state index contributed by atoms with van der Waals surface area (Å²) in [5, 5.41) is 2.20. The van der Waals surface area contributed by atoms with Gasteiger partial charge in [0, 0.05) is 12.6 Å². The number of amides is 2. The van der Waals surface area contributed by atoms with Gasteiger partial charge in [-0.15, -0.1) is 0 Å². The summed E-state index contributed by atoms with van der Waals surface area (Å²) >= 11 is 0. The van der Waals surface area contributed by atoms with Gasteiger partial charge in [-0.3, -0.25) is 9.59 Å². The molecule has 6 nitrogen and oxygen atoms in total. The van der Waals surface area contributed by atoms with E-state index < -0.39 is 30.1 Å². The number of ether oxygens (including phenoxy) is 2. The van der Waals surface area contributed by atoms with E-state index in [4.69, 9.17) is 9.47 Å². The maximum atomic E-state index is 13.0. The van der Waals surface area contributed by atoms with E-state index in [1.54, 1.807) is 6.07 Å². The third-order valence-corrected chi connectivity index (χ3v) is 3.86. The highest BCUT2D eigenvalue weighted by atomic mass is 19.4. The molecule has 0 spiro atoms. The standard InChI is InChI=1S/C19H19F3N2O4/c1-24(18(26)12-8-9-15(27-2)16(10-12)28-3)11-17(25)23-14-7-5-4-6-13(14)19(20,21)22/h4-10H,11H2,1-3H3,(H,23,25). The normalized spacial score (nSPS) is 10.9. The molecular formula is C19H19F3N2O4. The summed E-state index contributed by atoms with van der Waals surface area (Å²) in [6.07, 6.45) is -4.61. The Morgan fingerprint density at radius 1 is 1.04 bits per heavy atom. The molecule has 2 aromatic rings. The Morgan fingerprint density at radius 3 is 2.29 bits per heavy atom. The van der Waals surface area contributed by atoms with E-state index in [1.807, 2.05) is 0 Å². The van der Waals surface area contributed by atoms with Gasteiger partial charge in [0.05, 0.1) is 32.0 Å². The number of alkyl halides is 3. The number of methoxy groups -OCH3 is 2. The van der Waals surface area contributed by atoms with E-state index >= 15 is 0 Å². The molecule has 0 aliphatic carbocycles. The maximum Gasteiger partial charge on any atom is 0.418 e. The first kappa shape index (κ1) is 21.1. The monoisotopic (exact) mass is 396 g/mol. The largest absolute Gasteiger partial charge is 0.493 e. The van der Waals surface area contributed by atoms with E-state index in [0.717, 1.165) is 17.0 Å². The van der Waals surface area contributed by atoms with E-state index in [1.165, 1.54) is 45.5 Å². The van der Waals surface area contributed by atoms with Crippen LogP contribution in [0.15, 0.2) is 42.5 Å². The fourth-order valence-electron chi connectivity index (χ4n) is 2.51. The highest BCUT2D eigenvalue weighted by Gasteiger charge is 2.33. The van der Waals surface area contributed by atoms with Crippen LogP contribution in [-0.4, -0.2) is 44.5 Å². The first-order chi connectivity index (χ1) is 13.2. The van der Waals surface area contributed by atoms with Gasteiger partial charge in [0.1, 0.15) is 0 Å². The molecular weight excluding hydrogens is 377 g/mol. The van der Waals surface area contributed by atoms with Crippen molar-refractivity contribution in [1.82, 2.24) is 4.90 Å². The minimum atomic E-state index is -4.61.